The molecule has 0 bridgehead atoms. The van der Waals surface area contributed by atoms with Crippen LogP contribution in [0.1, 0.15) is 12.5 Å². The molecule has 0 aliphatic carbocycles. The van der Waals surface area contributed by atoms with Crippen LogP contribution in [0.3, 0.4) is 0 Å². The molecular weight excluding hydrogens is 281 g/mol. The monoisotopic (exact) mass is 289 g/mol. The van der Waals surface area contributed by atoms with Crippen LogP contribution in [0, 0.1) is 0 Å². The third-order valence-corrected chi connectivity index (χ3v) is 2.79. The fourth-order valence-electron chi connectivity index (χ4n) is 1.21. The zero-order chi connectivity index (χ0) is 13.0. The Morgan fingerprint density at radius 1 is 1.35 bits per heavy atom. The largest absolute Gasteiger partial charge is 0.382 e. The summed E-state index contributed by atoms with van der Waals surface area (Å²) >= 11 is 17.6. The van der Waals surface area contributed by atoms with Gasteiger partial charge in [0.1, 0.15) is 10.9 Å². The van der Waals surface area contributed by atoms with Crippen molar-refractivity contribution >= 4 is 52.4 Å². The second kappa shape index (κ2) is 6.05. The van der Waals surface area contributed by atoms with Crippen LogP contribution in [0.2, 0.25) is 10.0 Å². The van der Waals surface area contributed by atoms with E-state index >= 15 is 0 Å². The summed E-state index contributed by atoms with van der Waals surface area (Å²) in [5.74, 6) is 0.136. The predicted molar refractivity (Wildman–Crippen MR) is 76.1 cm³/mol. The molecule has 0 amide bonds. The van der Waals surface area contributed by atoms with E-state index in [1.165, 1.54) is 0 Å². The maximum atomic E-state index is 6.06. The van der Waals surface area contributed by atoms with Gasteiger partial charge in [-0.05, 0) is 19.7 Å². The third kappa shape index (κ3) is 3.46. The van der Waals surface area contributed by atoms with Crippen molar-refractivity contribution in [2.75, 3.05) is 0 Å². The highest BCUT2D eigenvalue weighted by Gasteiger charge is 2.11. The van der Waals surface area contributed by atoms with Crippen LogP contribution in [0.15, 0.2) is 34.0 Å². The molecule has 90 valence electrons. The highest BCUT2D eigenvalue weighted by molar-refractivity contribution is 6.64. The van der Waals surface area contributed by atoms with Crippen molar-refractivity contribution in [3.8, 4) is 0 Å². The van der Waals surface area contributed by atoms with Gasteiger partial charge in [0.05, 0.1) is 10.0 Å². The van der Waals surface area contributed by atoms with Gasteiger partial charge in [0.2, 0.25) is 0 Å². The molecule has 2 N–H and O–H groups in total. The molecule has 0 aliphatic rings. The lowest BCUT2D eigenvalue weighted by atomic mass is 10.1. The van der Waals surface area contributed by atoms with Crippen molar-refractivity contribution < 1.29 is 0 Å². The molecule has 0 saturated carbocycles. The van der Waals surface area contributed by atoms with E-state index in [0.29, 0.717) is 26.5 Å². The molecule has 1 aromatic carbocycles. The predicted octanol–water partition coefficient (Wildman–Crippen LogP) is 3.94. The topological polar surface area (TPSA) is 50.7 Å². The molecule has 0 fully saturated rings. The zero-order valence-electron chi connectivity index (χ0n) is 9.04. The Morgan fingerprint density at radius 2 is 2.00 bits per heavy atom. The molecule has 0 spiro atoms. The number of nitrogens with two attached hydrogens (primary N) is 1. The first kappa shape index (κ1) is 14.0. The average Bonchev–Trinajstić information content (AvgIpc) is 2.24. The highest BCUT2D eigenvalue weighted by atomic mass is 35.5. The van der Waals surface area contributed by atoms with E-state index in [1.54, 1.807) is 25.1 Å². The summed E-state index contributed by atoms with van der Waals surface area (Å²) in [6.07, 6.45) is 0. The van der Waals surface area contributed by atoms with Crippen LogP contribution < -0.4 is 5.73 Å². The summed E-state index contributed by atoms with van der Waals surface area (Å²) in [7, 11) is 0. The van der Waals surface area contributed by atoms with E-state index in [1.807, 2.05) is 0 Å². The van der Waals surface area contributed by atoms with Crippen LogP contribution in [0.5, 0.6) is 0 Å². The minimum atomic E-state index is 0.136. The summed E-state index contributed by atoms with van der Waals surface area (Å²) in [5, 5.41) is 1.05. The van der Waals surface area contributed by atoms with Crippen molar-refractivity contribution in [2.24, 2.45) is 15.7 Å². The molecular formula is C11H10Cl3N3. The smallest absolute Gasteiger partial charge is 0.151 e. The van der Waals surface area contributed by atoms with E-state index in [4.69, 9.17) is 40.5 Å². The maximum absolute atomic E-state index is 6.06. The molecule has 0 radical (unpaired) electrons. The number of nitrogens with zero attached hydrogens (tertiary/aromatic N) is 2. The Hall–Kier alpha value is -1.03. The Labute approximate surface area is 115 Å². The van der Waals surface area contributed by atoms with Gasteiger partial charge in [-0.25, -0.2) is 4.99 Å². The standard InChI is InChI=1S/C11H10Cl3N3/c1-6(12)17-11(15)10(16-2)7-4-3-5-8(13)9(7)14/h3-5H,2,15H2,1H3/b11-10-,17-6+. The van der Waals surface area contributed by atoms with Gasteiger partial charge in [-0.1, -0.05) is 46.9 Å². The first-order valence-corrected chi connectivity index (χ1v) is 5.72. The number of benzene rings is 1. The van der Waals surface area contributed by atoms with Gasteiger partial charge >= 0.3 is 0 Å². The Balaban J connectivity index is 3.42. The van der Waals surface area contributed by atoms with Gasteiger partial charge in [-0.2, -0.15) is 0 Å². The number of aliphatic imine (C=N–C) groups is 2. The fourth-order valence-corrected chi connectivity index (χ4v) is 1.69. The number of rotatable bonds is 3. The van der Waals surface area contributed by atoms with E-state index < -0.39 is 0 Å². The van der Waals surface area contributed by atoms with E-state index in [0.717, 1.165) is 0 Å². The van der Waals surface area contributed by atoms with Gasteiger partial charge in [-0.15, -0.1) is 0 Å². The molecule has 6 heteroatoms. The fraction of sp³-hybridized carbons (Fsp3) is 0.0909. The van der Waals surface area contributed by atoms with Crippen LogP contribution in [-0.4, -0.2) is 11.9 Å². The zero-order valence-corrected chi connectivity index (χ0v) is 11.3. The summed E-state index contributed by atoms with van der Waals surface area (Å²) in [4.78, 5) is 7.71. The van der Waals surface area contributed by atoms with Crippen LogP contribution >= 0.6 is 34.8 Å². The molecule has 17 heavy (non-hydrogen) atoms. The summed E-state index contributed by atoms with van der Waals surface area (Å²) < 4.78 is 0. The van der Waals surface area contributed by atoms with Crippen molar-refractivity contribution in [1.29, 1.82) is 0 Å². The molecule has 0 unspecified atom stereocenters. The lowest BCUT2D eigenvalue weighted by Crippen LogP contribution is -2.00. The van der Waals surface area contributed by atoms with Gasteiger partial charge < -0.3 is 5.73 Å². The van der Waals surface area contributed by atoms with Crippen LogP contribution in [0.25, 0.3) is 5.70 Å². The minimum absolute atomic E-state index is 0.136. The number of hydrogen-bond donors (Lipinski definition) is 1. The molecule has 3 nitrogen and oxygen atoms in total. The summed E-state index contributed by atoms with van der Waals surface area (Å²) in [6.45, 7) is 5.04. The van der Waals surface area contributed by atoms with E-state index in [9.17, 15) is 0 Å². The minimum Gasteiger partial charge on any atom is -0.382 e. The normalized spacial score (nSPS) is 13.3. The Kier molecular flexibility index (Phi) is 5.00. The van der Waals surface area contributed by atoms with Gasteiger partial charge in [0.25, 0.3) is 0 Å². The van der Waals surface area contributed by atoms with Crippen LogP contribution in [0.4, 0.5) is 0 Å². The average molecular weight is 291 g/mol. The highest BCUT2D eigenvalue weighted by Crippen LogP contribution is 2.31. The lowest BCUT2D eigenvalue weighted by molar-refractivity contribution is 1.23. The van der Waals surface area contributed by atoms with Crippen molar-refractivity contribution in [3.05, 3.63) is 39.6 Å². The SMILES string of the molecule is C=N/C(=C(N)\N=C(/C)Cl)c1cccc(Cl)c1Cl. The molecule has 1 rings (SSSR count). The van der Waals surface area contributed by atoms with Gasteiger partial charge in [-0.3, -0.25) is 4.99 Å². The third-order valence-electron chi connectivity index (χ3n) is 1.88. The molecule has 0 saturated heterocycles. The quantitative estimate of drug-likeness (QED) is 0.842. The number of halogens is 3. The summed E-state index contributed by atoms with van der Waals surface area (Å²) in [6, 6.07) is 5.13. The lowest BCUT2D eigenvalue weighted by Gasteiger charge is -2.07. The Bertz CT molecular complexity index is 503. The Morgan fingerprint density at radius 3 is 2.53 bits per heavy atom. The first-order chi connectivity index (χ1) is 7.97. The van der Waals surface area contributed by atoms with Crippen molar-refractivity contribution in [2.45, 2.75) is 6.92 Å². The maximum Gasteiger partial charge on any atom is 0.151 e. The van der Waals surface area contributed by atoms with Crippen molar-refractivity contribution in [3.63, 3.8) is 0 Å². The van der Waals surface area contributed by atoms with E-state index in [2.05, 4.69) is 16.7 Å². The number of hydrogen-bond acceptors (Lipinski definition) is 3. The molecule has 0 atom stereocenters. The van der Waals surface area contributed by atoms with Crippen molar-refractivity contribution in [1.82, 2.24) is 0 Å². The van der Waals surface area contributed by atoms with Gasteiger partial charge in [0, 0.05) is 5.56 Å². The van der Waals surface area contributed by atoms with Gasteiger partial charge in [0.15, 0.2) is 5.82 Å². The first-order valence-electron chi connectivity index (χ1n) is 4.59. The molecule has 0 heterocycles. The summed E-state index contributed by atoms with van der Waals surface area (Å²) in [5.41, 5.74) is 6.66. The second-order valence-electron chi connectivity index (χ2n) is 3.10. The molecule has 0 aliphatic heterocycles. The molecule has 0 aromatic heterocycles. The molecule has 1 aromatic rings. The van der Waals surface area contributed by atoms with E-state index in [-0.39, 0.29) is 5.82 Å². The second-order valence-corrected chi connectivity index (χ2v) is 4.43. The van der Waals surface area contributed by atoms with Crippen LogP contribution in [-0.2, 0) is 0 Å².